The number of rotatable bonds is 7. The molecular formula is C23H26N4O5. The Kier molecular flexibility index (Phi) is 6.16. The zero-order valence-electron chi connectivity index (χ0n) is 18.1. The zero-order valence-corrected chi connectivity index (χ0v) is 18.1. The Hall–Kier alpha value is -3.75. The van der Waals surface area contributed by atoms with Crippen LogP contribution >= 0.6 is 0 Å². The van der Waals surface area contributed by atoms with Gasteiger partial charge in [-0.05, 0) is 43.2 Å². The summed E-state index contributed by atoms with van der Waals surface area (Å²) in [5.74, 6) is 0.826. The number of methoxy groups -OCH3 is 2. The van der Waals surface area contributed by atoms with Gasteiger partial charge in [0.25, 0.3) is 11.8 Å². The fraction of sp³-hybridized carbons (Fsp3) is 0.348. The smallest absolute Gasteiger partial charge is 0.255 e. The summed E-state index contributed by atoms with van der Waals surface area (Å²) in [6.45, 7) is 0.633. The largest absolute Gasteiger partial charge is 0.493 e. The van der Waals surface area contributed by atoms with Crippen LogP contribution in [0, 0.1) is 0 Å². The Balaban J connectivity index is 1.59. The number of primary amides is 1. The Morgan fingerprint density at radius 2 is 1.84 bits per heavy atom. The lowest BCUT2D eigenvalue weighted by Gasteiger charge is -2.15. The second-order valence-corrected chi connectivity index (χ2v) is 7.61. The van der Waals surface area contributed by atoms with Gasteiger partial charge in [-0.1, -0.05) is 6.42 Å². The number of carbonyl (C=O) groups is 2. The van der Waals surface area contributed by atoms with E-state index in [-0.39, 0.29) is 29.8 Å². The summed E-state index contributed by atoms with van der Waals surface area (Å²) < 4.78 is 18.3. The third kappa shape index (κ3) is 4.32. The molecule has 168 valence electrons. The van der Waals surface area contributed by atoms with E-state index in [4.69, 9.17) is 24.9 Å². The first kappa shape index (κ1) is 21.5. The molecule has 1 aliphatic rings. The van der Waals surface area contributed by atoms with Crippen LogP contribution in [0.2, 0.25) is 0 Å². The summed E-state index contributed by atoms with van der Waals surface area (Å²) in [4.78, 5) is 28.8. The number of fused-ring (bicyclic) bond motifs is 3. The molecule has 2 amide bonds. The maximum Gasteiger partial charge on any atom is 0.255 e. The van der Waals surface area contributed by atoms with Crippen molar-refractivity contribution in [2.24, 2.45) is 5.73 Å². The molecule has 0 aliphatic carbocycles. The SMILES string of the molecule is COc1cc(C(=O)Nc2ccc3c(c2)nc2n3CCCCC2)cc(OC)c1OCC(N)=O. The molecule has 4 rings (SSSR count). The van der Waals surface area contributed by atoms with E-state index in [1.807, 2.05) is 18.2 Å². The number of amides is 2. The normalized spacial score (nSPS) is 13.2. The number of imidazole rings is 1. The molecule has 1 aromatic heterocycles. The lowest BCUT2D eigenvalue weighted by atomic mass is 10.1. The van der Waals surface area contributed by atoms with E-state index in [9.17, 15) is 9.59 Å². The molecule has 2 aromatic carbocycles. The first-order valence-electron chi connectivity index (χ1n) is 10.5. The summed E-state index contributed by atoms with van der Waals surface area (Å²) in [5, 5.41) is 2.90. The van der Waals surface area contributed by atoms with E-state index >= 15 is 0 Å². The third-order valence-electron chi connectivity index (χ3n) is 5.45. The zero-order chi connectivity index (χ0) is 22.7. The number of anilines is 1. The summed E-state index contributed by atoms with van der Waals surface area (Å²) in [6, 6.07) is 8.79. The molecule has 0 radical (unpaired) electrons. The highest BCUT2D eigenvalue weighted by Gasteiger charge is 2.19. The van der Waals surface area contributed by atoms with Gasteiger partial charge in [-0.15, -0.1) is 0 Å². The van der Waals surface area contributed by atoms with Crippen molar-refractivity contribution in [2.45, 2.75) is 32.2 Å². The molecule has 3 N–H and O–H groups in total. The van der Waals surface area contributed by atoms with Crippen LogP contribution in [0.5, 0.6) is 17.2 Å². The van der Waals surface area contributed by atoms with Crippen LogP contribution in [0.25, 0.3) is 11.0 Å². The van der Waals surface area contributed by atoms with E-state index < -0.39 is 5.91 Å². The summed E-state index contributed by atoms with van der Waals surface area (Å²) in [6.07, 6.45) is 4.49. The molecule has 0 bridgehead atoms. The number of hydrogen-bond donors (Lipinski definition) is 2. The molecule has 2 heterocycles. The van der Waals surface area contributed by atoms with Crippen LogP contribution in [-0.2, 0) is 17.8 Å². The number of nitrogens with two attached hydrogens (primary N) is 1. The number of aryl methyl sites for hydroxylation is 2. The van der Waals surface area contributed by atoms with Gasteiger partial charge >= 0.3 is 0 Å². The molecule has 1 aliphatic heterocycles. The highest BCUT2D eigenvalue weighted by atomic mass is 16.5. The summed E-state index contributed by atoms with van der Waals surface area (Å²) in [7, 11) is 2.87. The molecule has 0 saturated carbocycles. The first-order chi connectivity index (χ1) is 15.5. The van der Waals surface area contributed by atoms with Crippen LogP contribution in [0.4, 0.5) is 5.69 Å². The van der Waals surface area contributed by atoms with E-state index in [0.717, 1.165) is 42.7 Å². The second kappa shape index (κ2) is 9.17. The maximum atomic E-state index is 12.9. The Morgan fingerprint density at radius 3 is 2.53 bits per heavy atom. The molecule has 9 nitrogen and oxygen atoms in total. The van der Waals surface area contributed by atoms with Gasteiger partial charge in [0.2, 0.25) is 5.75 Å². The van der Waals surface area contributed by atoms with Crippen molar-refractivity contribution in [1.82, 2.24) is 9.55 Å². The van der Waals surface area contributed by atoms with Crippen molar-refractivity contribution in [3.63, 3.8) is 0 Å². The molecule has 0 fully saturated rings. The van der Waals surface area contributed by atoms with Crippen molar-refractivity contribution >= 4 is 28.5 Å². The molecule has 9 heteroatoms. The first-order valence-corrected chi connectivity index (χ1v) is 10.5. The van der Waals surface area contributed by atoms with Gasteiger partial charge in [-0.2, -0.15) is 0 Å². The number of ether oxygens (including phenoxy) is 3. The number of carbonyl (C=O) groups excluding carboxylic acids is 2. The molecular weight excluding hydrogens is 412 g/mol. The quantitative estimate of drug-likeness (QED) is 0.586. The predicted octanol–water partition coefficient (Wildman–Crippen LogP) is 2.90. The minimum Gasteiger partial charge on any atom is -0.493 e. The van der Waals surface area contributed by atoms with Crippen molar-refractivity contribution < 1.29 is 23.8 Å². The van der Waals surface area contributed by atoms with Gasteiger partial charge in [0.1, 0.15) is 5.82 Å². The van der Waals surface area contributed by atoms with Crippen LogP contribution in [0.15, 0.2) is 30.3 Å². The molecule has 0 unspecified atom stereocenters. The molecule has 0 saturated heterocycles. The summed E-state index contributed by atoms with van der Waals surface area (Å²) >= 11 is 0. The Bertz CT molecular complexity index is 1150. The number of nitrogens with zero attached hydrogens (tertiary/aromatic N) is 2. The van der Waals surface area contributed by atoms with Crippen molar-refractivity contribution in [3.8, 4) is 17.2 Å². The number of nitrogens with one attached hydrogen (secondary N) is 1. The topological polar surface area (TPSA) is 118 Å². The molecule has 32 heavy (non-hydrogen) atoms. The number of benzene rings is 2. The van der Waals surface area contributed by atoms with Gasteiger partial charge in [-0.25, -0.2) is 4.98 Å². The predicted molar refractivity (Wildman–Crippen MR) is 119 cm³/mol. The van der Waals surface area contributed by atoms with Gasteiger partial charge in [-0.3, -0.25) is 9.59 Å². The van der Waals surface area contributed by atoms with Gasteiger partial charge in [0, 0.05) is 24.2 Å². The average Bonchev–Trinajstić information content (AvgIpc) is 2.96. The Labute approximate surface area is 185 Å². The van der Waals surface area contributed by atoms with E-state index in [1.165, 1.54) is 32.8 Å². The highest BCUT2D eigenvalue weighted by molar-refractivity contribution is 6.05. The van der Waals surface area contributed by atoms with Crippen LogP contribution in [0.3, 0.4) is 0 Å². The van der Waals surface area contributed by atoms with E-state index in [0.29, 0.717) is 11.3 Å². The second-order valence-electron chi connectivity index (χ2n) is 7.61. The van der Waals surface area contributed by atoms with Crippen molar-refractivity contribution in [1.29, 1.82) is 0 Å². The fourth-order valence-corrected chi connectivity index (χ4v) is 3.93. The van der Waals surface area contributed by atoms with Crippen molar-refractivity contribution in [3.05, 3.63) is 41.7 Å². The minimum atomic E-state index is -0.636. The lowest BCUT2D eigenvalue weighted by molar-refractivity contribution is -0.120. The van der Waals surface area contributed by atoms with Crippen LogP contribution in [0.1, 0.15) is 35.4 Å². The summed E-state index contributed by atoms with van der Waals surface area (Å²) in [5.41, 5.74) is 8.05. The lowest BCUT2D eigenvalue weighted by Crippen LogP contribution is -2.20. The molecule has 0 spiro atoms. The average molecular weight is 438 g/mol. The monoisotopic (exact) mass is 438 g/mol. The van der Waals surface area contributed by atoms with Crippen molar-refractivity contribution in [2.75, 3.05) is 26.1 Å². The maximum absolute atomic E-state index is 12.9. The van der Waals surface area contributed by atoms with E-state index in [2.05, 4.69) is 9.88 Å². The van der Waals surface area contributed by atoms with Gasteiger partial charge < -0.3 is 29.8 Å². The number of hydrogen-bond acceptors (Lipinski definition) is 6. The van der Waals surface area contributed by atoms with Crippen LogP contribution < -0.4 is 25.3 Å². The standard InChI is InChI=1S/C23H26N4O5/c1-30-18-10-14(11-19(31-2)22(18)32-13-20(24)28)23(29)25-15-7-8-17-16(12-15)26-21-6-4-3-5-9-27(17)21/h7-8,10-12H,3-6,9,13H2,1-2H3,(H2,24,28)(H,25,29). The fourth-order valence-electron chi connectivity index (χ4n) is 3.93. The minimum absolute atomic E-state index is 0.200. The highest BCUT2D eigenvalue weighted by Crippen LogP contribution is 2.38. The van der Waals surface area contributed by atoms with Gasteiger partial charge in [0.15, 0.2) is 18.1 Å². The molecule has 0 atom stereocenters. The van der Waals surface area contributed by atoms with Gasteiger partial charge in [0.05, 0.1) is 25.3 Å². The van der Waals surface area contributed by atoms with E-state index in [1.54, 1.807) is 0 Å². The molecule has 3 aromatic rings. The van der Waals surface area contributed by atoms with Crippen LogP contribution in [-0.4, -0.2) is 42.2 Å². The third-order valence-corrected chi connectivity index (χ3v) is 5.45. The number of aromatic nitrogens is 2. The Morgan fingerprint density at radius 1 is 1.09 bits per heavy atom.